The molecule has 1 aliphatic rings. The first-order valence-corrected chi connectivity index (χ1v) is 10.3. The lowest BCUT2D eigenvalue weighted by Crippen LogP contribution is -2.35. The average Bonchev–Trinajstić information content (AvgIpc) is 3.00. The molecule has 1 fully saturated rings. The van der Waals surface area contributed by atoms with E-state index in [2.05, 4.69) is 33.1 Å². The lowest BCUT2D eigenvalue weighted by molar-refractivity contribution is -0.140. The van der Waals surface area contributed by atoms with Crippen LogP contribution in [0, 0.1) is 11.8 Å². The van der Waals surface area contributed by atoms with E-state index in [0.29, 0.717) is 17.3 Å². The van der Waals surface area contributed by atoms with E-state index in [-0.39, 0.29) is 6.54 Å². The molecule has 0 bridgehead atoms. The second-order valence-electron chi connectivity index (χ2n) is 6.68. The van der Waals surface area contributed by atoms with Gasteiger partial charge in [-0.2, -0.15) is 13.2 Å². The van der Waals surface area contributed by atoms with Crippen molar-refractivity contribution in [2.24, 2.45) is 5.84 Å². The van der Waals surface area contributed by atoms with Gasteiger partial charge in [-0.1, -0.05) is 23.9 Å². The lowest BCUT2D eigenvalue weighted by Gasteiger charge is -2.31. The number of anilines is 1. The zero-order valence-electron chi connectivity index (χ0n) is 15.6. The molecule has 3 rings (SSSR count). The van der Waals surface area contributed by atoms with Gasteiger partial charge in [0.2, 0.25) is 0 Å². The van der Waals surface area contributed by atoms with Gasteiger partial charge >= 0.3 is 6.18 Å². The van der Waals surface area contributed by atoms with Crippen molar-refractivity contribution >= 4 is 28.5 Å². The van der Waals surface area contributed by atoms with E-state index in [1.54, 1.807) is 30.1 Å². The van der Waals surface area contributed by atoms with E-state index in [1.807, 2.05) is 6.07 Å². The molecule has 5 nitrogen and oxygen atoms in total. The molecule has 1 aromatic carbocycles. The molecule has 0 amide bonds. The van der Waals surface area contributed by atoms with Crippen LogP contribution in [0.3, 0.4) is 0 Å². The summed E-state index contributed by atoms with van der Waals surface area (Å²) >= 11 is 1.74. The lowest BCUT2D eigenvalue weighted by atomic mass is 10.1. The zero-order valence-corrected chi connectivity index (χ0v) is 16.5. The van der Waals surface area contributed by atoms with E-state index in [1.165, 1.54) is 4.57 Å². The Morgan fingerprint density at radius 2 is 2.04 bits per heavy atom. The van der Waals surface area contributed by atoms with E-state index in [9.17, 15) is 13.2 Å². The molecule has 0 unspecified atom stereocenters. The molecular formula is C19H24F3N5S. The van der Waals surface area contributed by atoms with E-state index < -0.39 is 12.7 Å². The highest BCUT2D eigenvalue weighted by atomic mass is 32.2. The number of nitrogens with zero attached hydrogens (tertiary/aromatic N) is 2. The summed E-state index contributed by atoms with van der Waals surface area (Å²) in [5.41, 5.74) is 4.09. The highest BCUT2D eigenvalue weighted by molar-refractivity contribution is 7.96. The fraction of sp³-hybridized carbons (Fsp3) is 0.474. The van der Waals surface area contributed by atoms with Crippen LogP contribution in [0.15, 0.2) is 24.3 Å². The van der Waals surface area contributed by atoms with Gasteiger partial charge in [0.15, 0.2) is 0 Å². The van der Waals surface area contributed by atoms with Crippen LogP contribution in [-0.4, -0.2) is 47.0 Å². The number of aromatic nitrogens is 1. The number of nitrogens with two attached hydrogens (primary N) is 1. The Hall–Kier alpha value is -1.86. The first-order chi connectivity index (χ1) is 13.4. The predicted octanol–water partition coefficient (Wildman–Crippen LogP) is 3.17. The molecule has 1 aliphatic heterocycles. The van der Waals surface area contributed by atoms with Gasteiger partial charge in [-0.15, -0.1) is 0 Å². The third-order valence-electron chi connectivity index (χ3n) is 4.76. The van der Waals surface area contributed by atoms with Crippen molar-refractivity contribution in [2.45, 2.75) is 31.6 Å². The summed E-state index contributed by atoms with van der Waals surface area (Å²) in [4.78, 5) is 0. The molecule has 0 radical (unpaired) electrons. The van der Waals surface area contributed by atoms with Crippen LogP contribution in [0.5, 0.6) is 0 Å². The number of rotatable bonds is 5. The second kappa shape index (κ2) is 9.09. The first-order valence-electron chi connectivity index (χ1n) is 9.08. The monoisotopic (exact) mass is 411 g/mol. The Kier molecular flexibility index (Phi) is 6.78. The molecule has 0 spiro atoms. The molecule has 1 aromatic heterocycles. The summed E-state index contributed by atoms with van der Waals surface area (Å²) in [7, 11) is 0. The highest BCUT2D eigenvalue weighted by Gasteiger charge is 2.30. The standard InChI is InChI=1S/C19H24F3N5S/c1-28-26-10-7-14(8-11-26)25-17-5-2-6-18-16(17)12-15(4-3-9-24-23)27(18)13-19(20,21)22/h2,5-6,12,14,24-25H,7-11,13,23H2,1H3. The molecule has 9 heteroatoms. The summed E-state index contributed by atoms with van der Waals surface area (Å²) in [6, 6.07) is 7.43. The number of alkyl halides is 3. The summed E-state index contributed by atoms with van der Waals surface area (Å²) < 4.78 is 42.9. The minimum absolute atomic E-state index is 0.201. The Balaban J connectivity index is 1.92. The van der Waals surface area contributed by atoms with Gasteiger partial charge in [0.05, 0.1) is 17.8 Å². The normalized spacial score (nSPS) is 16.2. The molecule has 2 aromatic rings. The van der Waals surface area contributed by atoms with Crippen molar-refractivity contribution in [3.05, 3.63) is 30.0 Å². The van der Waals surface area contributed by atoms with Crippen LogP contribution >= 0.6 is 11.9 Å². The van der Waals surface area contributed by atoms with E-state index in [0.717, 1.165) is 37.0 Å². The maximum Gasteiger partial charge on any atom is 0.406 e. The van der Waals surface area contributed by atoms with Crippen molar-refractivity contribution < 1.29 is 13.2 Å². The molecule has 0 aliphatic carbocycles. The van der Waals surface area contributed by atoms with Gasteiger partial charge in [-0.3, -0.25) is 10.1 Å². The number of piperidine rings is 1. The quantitative estimate of drug-likeness (QED) is 0.305. The molecule has 4 N–H and O–H groups in total. The SMILES string of the molecule is CSN1CCC(Nc2cccc3c2cc(C#CCNN)n3CC(F)(F)F)CC1. The first kappa shape index (κ1) is 20.9. The average molecular weight is 411 g/mol. The van der Waals surface area contributed by atoms with Crippen molar-refractivity contribution in [3.8, 4) is 11.8 Å². The smallest absolute Gasteiger partial charge is 0.382 e. The number of hydrogen-bond acceptors (Lipinski definition) is 5. The maximum atomic E-state index is 13.1. The minimum Gasteiger partial charge on any atom is -0.382 e. The molecule has 1 saturated heterocycles. The molecule has 2 heterocycles. The molecule has 28 heavy (non-hydrogen) atoms. The van der Waals surface area contributed by atoms with Crippen LogP contribution in [-0.2, 0) is 6.54 Å². The van der Waals surface area contributed by atoms with Gasteiger partial charge in [-0.25, -0.2) is 5.43 Å². The van der Waals surface area contributed by atoms with Gasteiger partial charge in [-0.05, 0) is 43.2 Å². The Morgan fingerprint density at radius 1 is 1.29 bits per heavy atom. The summed E-state index contributed by atoms with van der Waals surface area (Å²) in [6.07, 6.45) is -0.270. The second-order valence-corrected chi connectivity index (χ2v) is 7.56. The van der Waals surface area contributed by atoms with Crippen LogP contribution in [0.1, 0.15) is 18.5 Å². The Morgan fingerprint density at radius 3 is 2.68 bits per heavy atom. The fourth-order valence-electron chi connectivity index (χ4n) is 3.45. The van der Waals surface area contributed by atoms with Gasteiger partial charge < -0.3 is 9.88 Å². The summed E-state index contributed by atoms with van der Waals surface area (Å²) in [6.45, 7) is 1.11. The van der Waals surface area contributed by atoms with Gasteiger partial charge in [0.25, 0.3) is 0 Å². The number of fused-ring (bicyclic) bond motifs is 1. The molecule has 0 saturated carbocycles. The minimum atomic E-state index is -4.33. The third kappa shape index (κ3) is 5.14. The fourth-order valence-corrected chi connectivity index (χ4v) is 4.03. The van der Waals surface area contributed by atoms with Crippen LogP contribution in [0.2, 0.25) is 0 Å². The largest absolute Gasteiger partial charge is 0.406 e. The Bertz CT molecular complexity index is 860. The number of hydrazine groups is 1. The summed E-state index contributed by atoms with van der Waals surface area (Å²) in [5.74, 6) is 10.8. The van der Waals surface area contributed by atoms with Crippen LogP contribution in [0.4, 0.5) is 18.9 Å². The Labute approximate surface area is 166 Å². The van der Waals surface area contributed by atoms with E-state index in [4.69, 9.17) is 5.84 Å². The van der Waals surface area contributed by atoms with Crippen molar-refractivity contribution in [1.82, 2.24) is 14.3 Å². The number of halogens is 3. The van der Waals surface area contributed by atoms with Crippen molar-refractivity contribution in [3.63, 3.8) is 0 Å². The van der Waals surface area contributed by atoms with Crippen LogP contribution in [0.25, 0.3) is 10.9 Å². The molecule has 152 valence electrons. The topological polar surface area (TPSA) is 58.2 Å². The van der Waals surface area contributed by atoms with Crippen molar-refractivity contribution in [2.75, 3.05) is 31.2 Å². The van der Waals surface area contributed by atoms with Crippen molar-refractivity contribution in [1.29, 1.82) is 0 Å². The van der Waals surface area contributed by atoms with Gasteiger partial charge in [0.1, 0.15) is 6.54 Å². The predicted molar refractivity (Wildman–Crippen MR) is 109 cm³/mol. The number of benzene rings is 1. The number of nitrogens with one attached hydrogen (secondary N) is 2. The van der Waals surface area contributed by atoms with Crippen LogP contribution < -0.4 is 16.6 Å². The molecule has 0 atom stereocenters. The number of hydrogen-bond donors (Lipinski definition) is 3. The zero-order chi connectivity index (χ0) is 20.1. The van der Waals surface area contributed by atoms with Gasteiger partial charge in [0, 0.05) is 30.2 Å². The summed E-state index contributed by atoms with van der Waals surface area (Å²) in [5, 5.41) is 4.28. The third-order valence-corrected chi connectivity index (χ3v) is 5.64. The van der Waals surface area contributed by atoms with E-state index >= 15 is 0 Å². The molecular weight excluding hydrogens is 387 g/mol. The highest BCUT2D eigenvalue weighted by Crippen LogP contribution is 2.31. The maximum absolute atomic E-state index is 13.1.